The number of carbonyl (C=O) groups excluding carboxylic acids is 1. The van der Waals surface area contributed by atoms with Gasteiger partial charge in [0, 0.05) is 24.3 Å². The van der Waals surface area contributed by atoms with Crippen LogP contribution in [0.5, 0.6) is 0 Å². The summed E-state index contributed by atoms with van der Waals surface area (Å²) in [5.41, 5.74) is 0. The van der Waals surface area contributed by atoms with Crippen molar-refractivity contribution in [2.75, 3.05) is 12.5 Å². The van der Waals surface area contributed by atoms with Gasteiger partial charge in [0.15, 0.2) is 0 Å². The zero-order chi connectivity index (χ0) is 16.5. The van der Waals surface area contributed by atoms with Gasteiger partial charge in [-0.25, -0.2) is 16.8 Å². The largest absolute Gasteiger partial charge is 0.299 e. The molecule has 128 valence electrons. The number of hydrogen-bond acceptors (Lipinski definition) is 5. The number of sulfone groups is 2. The highest BCUT2D eigenvalue weighted by atomic mass is 32.2. The van der Waals surface area contributed by atoms with Crippen LogP contribution in [0.4, 0.5) is 0 Å². The summed E-state index contributed by atoms with van der Waals surface area (Å²) in [5, 5.41) is -0.588. The molecule has 2 aliphatic carbocycles. The van der Waals surface area contributed by atoms with E-state index in [-0.39, 0.29) is 28.1 Å². The number of rotatable bonds is 4. The van der Waals surface area contributed by atoms with E-state index >= 15 is 0 Å². The summed E-state index contributed by atoms with van der Waals surface area (Å²) in [6.45, 7) is 0. The van der Waals surface area contributed by atoms with E-state index in [1.54, 1.807) is 0 Å². The molecule has 0 spiro atoms. The third-order valence-electron chi connectivity index (χ3n) is 5.36. The van der Waals surface area contributed by atoms with Gasteiger partial charge in [-0.15, -0.1) is 0 Å². The first-order valence-corrected chi connectivity index (χ1v) is 11.9. The van der Waals surface area contributed by atoms with Gasteiger partial charge < -0.3 is 0 Å². The fourth-order valence-corrected chi connectivity index (χ4v) is 6.14. The fourth-order valence-electron chi connectivity index (χ4n) is 3.88. The third-order valence-corrected chi connectivity index (χ3v) is 8.73. The average molecular weight is 351 g/mol. The summed E-state index contributed by atoms with van der Waals surface area (Å²) in [7, 11) is -6.00. The molecule has 2 aliphatic rings. The Bertz CT molecular complexity index is 550. The lowest BCUT2D eigenvalue weighted by atomic mass is 9.76. The SMILES string of the molecule is CS(=O)(=O)C1CCC(C(=O)C2CCC(S(C)(=O)=O)CC2)CC1. The molecular weight excluding hydrogens is 324 g/mol. The molecule has 0 radical (unpaired) electrons. The van der Waals surface area contributed by atoms with Crippen LogP contribution in [0.3, 0.4) is 0 Å². The fraction of sp³-hybridized carbons (Fsp3) is 0.933. The Morgan fingerprint density at radius 1 is 0.636 bits per heavy atom. The Morgan fingerprint density at radius 2 is 0.909 bits per heavy atom. The number of Topliss-reactive ketones (excluding diaryl/α,β-unsaturated/α-hetero) is 1. The van der Waals surface area contributed by atoms with Crippen molar-refractivity contribution in [1.29, 1.82) is 0 Å². The lowest BCUT2D eigenvalue weighted by molar-refractivity contribution is -0.128. The first-order valence-electron chi connectivity index (χ1n) is 8.00. The molecule has 0 heterocycles. The van der Waals surface area contributed by atoms with Gasteiger partial charge in [0.25, 0.3) is 0 Å². The minimum absolute atomic E-state index is 0.0298. The van der Waals surface area contributed by atoms with Crippen LogP contribution in [0.25, 0.3) is 0 Å². The maximum absolute atomic E-state index is 12.6. The van der Waals surface area contributed by atoms with E-state index in [1.165, 1.54) is 12.5 Å². The molecule has 2 fully saturated rings. The Balaban J connectivity index is 1.87. The second-order valence-corrected chi connectivity index (χ2v) is 11.7. The Morgan fingerprint density at radius 3 is 1.14 bits per heavy atom. The molecule has 2 rings (SSSR count). The van der Waals surface area contributed by atoms with E-state index < -0.39 is 19.7 Å². The predicted octanol–water partition coefficient (Wildman–Crippen LogP) is 1.76. The molecule has 0 atom stereocenters. The second-order valence-electron chi connectivity index (χ2n) is 7.01. The minimum Gasteiger partial charge on any atom is -0.299 e. The lowest BCUT2D eigenvalue weighted by Gasteiger charge is -2.32. The van der Waals surface area contributed by atoms with Gasteiger partial charge in [0.2, 0.25) is 0 Å². The van der Waals surface area contributed by atoms with E-state index in [1.807, 2.05) is 0 Å². The van der Waals surface area contributed by atoms with Gasteiger partial charge >= 0.3 is 0 Å². The molecule has 22 heavy (non-hydrogen) atoms. The van der Waals surface area contributed by atoms with Crippen LogP contribution in [-0.2, 0) is 24.5 Å². The van der Waals surface area contributed by atoms with E-state index in [0.29, 0.717) is 51.4 Å². The minimum atomic E-state index is -3.00. The van der Waals surface area contributed by atoms with Crippen molar-refractivity contribution in [3.8, 4) is 0 Å². The highest BCUT2D eigenvalue weighted by molar-refractivity contribution is 7.91. The zero-order valence-electron chi connectivity index (χ0n) is 13.3. The highest BCUT2D eigenvalue weighted by Crippen LogP contribution is 2.35. The van der Waals surface area contributed by atoms with Crippen molar-refractivity contribution in [2.45, 2.75) is 61.9 Å². The van der Waals surface area contributed by atoms with Crippen LogP contribution in [0.2, 0.25) is 0 Å². The zero-order valence-corrected chi connectivity index (χ0v) is 15.0. The van der Waals surface area contributed by atoms with Crippen molar-refractivity contribution in [3.05, 3.63) is 0 Å². The summed E-state index contributed by atoms with van der Waals surface area (Å²) in [6.07, 6.45) is 7.47. The first kappa shape index (κ1) is 17.9. The molecule has 5 nitrogen and oxygen atoms in total. The quantitative estimate of drug-likeness (QED) is 0.771. The summed E-state index contributed by atoms with van der Waals surface area (Å²) in [4.78, 5) is 12.6. The van der Waals surface area contributed by atoms with Crippen LogP contribution in [0, 0.1) is 11.8 Å². The average Bonchev–Trinajstić information content (AvgIpc) is 2.45. The molecule has 0 saturated heterocycles. The number of carbonyl (C=O) groups is 1. The van der Waals surface area contributed by atoms with Crippen molar-refractivity contribution in [1.82, 2.24) is 0 Å². The standard InChI is InChI=1S/C15H26O5S2/c1-21(17,18)13-7-3-11(4-8-13)15(16)12-5-9-14(10-6-12)22(2,19)20/h11-14H,3-10H2,1-2H3. The Labute approximate surface area is 133 Å². The number of ketones is 1. The predicted molar refractivity (Wildman–Crippen MR) is 86.2 cm³/mol. The van der Waals surface area contributed by atoms with Crippen LogP contribution in [0.1, 0.15) is 51.4 Å². The molecule has 2 saturated carbocycles. The van der Waals surface area contributed by atoms with Crippen molar-refractivity contribution < 1.29 is 21.6 Å². The van der Waals surface area contributed by atoms with Crippen LogP contribution in [0.15, 0.2) is 0 Å². The van der Waals surface area contributed by atoms with Crippen molar-refractivity contribution in [2.24, 2.45) is 11.8 Å². The van der Waals surface area contributed by atoms with Crippen molar-refractivity contribution in [3.63, 3.8) is 0 Å². The van der Waals surface area contributed by atoms with Gasteiger partial charge in [0.05, 0.1) is 10.5 Å². The lowest BCUT2D eigenvalue weighted by Crippen LogP contribution is -2.35. The van der Waals surface area contributed by atoms with Gasteiger partial charge in [-0.2, -0.15) is 0 Å². The van der Waals surface area contributed by atoms with E-state index in [2.05, 4.69) is 0 Å². The molecule has 0 aromatic heterocycles. The smallest absolute Gasteiger partial charge is 0.150 e. The molecule has 0 aromatic rings. The molecule has 0 unspecified atom stereocenters. The summed E-state index contributed by atoms with van der Waals surface area (Å²) < 4.78 is 46.2. The van der Waals surface area contributed by atoms with Gasteiger partial charge in [-0.3, -0.25) is 4.79 Å². The van der Waals surface area contributed by atoms with Gasteiger partial charge in [-0.05, 0) is 51.4 Å². The normalized spacial score (nSPS) is 34.3. The van der Waals surface area contributed by atoms with E-state index in [4.69, 9.17) is 0 Å². The molecular formula is C15H26O5S2. The maximum atomic E-state index is 12.6. The maximum Gasteiger partial charge on any atom is 0.150 e. The monoisotopic (exact) mass is 350 g/mol. The van der Waals surface area contributed by atoms with Crippen LogP contribution >= 0.6 is 0 Å². The first-order chi connectivity index (χ1) is 10.1. The van der Waals surface area contributed by atoms with Gasteiger partial charge in [-0.1, -0.05) is 0 Å². The third kappa shape index (κ3) is 4.31. The molecule has 0 N–H and O–H groups in total. The molecule has 0 bridgehead atoms. The van der Waals surface area contributed by atoms with Gasteiger partial charge in [0.1, 0.15) is 25.5 Å². The van der Waals surface area contributed by atoms with Crippen LogP contribution < -0.4 is 0 Å². The van der Waals surface area contributed by atoms with E-state index in [0.717, 1.165) is 0 Å². The Hall–Kier alpha value is -0.430. The Kier molecular flexibility index (Phi) is 5.37. The number of hydrogen-bond donors (Lipinski definition) is 0. The topological polar surface area (TPSA) is 85.3 Å². The molecule has 0 amide bonds. The van der Waals surface area contributed by atoms with E-state index in [9.17, 15) is 21.6 Å². The summed E-state index contributed by atoms with van der Waals surface area (Å²) in [6, 6.07) is 0. The highest BCUT2D eigenvalue weighted by Gasteiger charge is 2.36. The summed E-state index contributed by atoms with van der Waals surface area (Å²) >= 11 is 0. The summed E-state index contributed by atoms with van der Waals surface area (Å²) in [5.74, 6) is 0.175. The van der Waals surface area contributed by atoms with Crippen molar-refractivity contribution >= 4 is 25.5 Å². The second kappa shape index (κ2) is 6.59. The molecule has 0 aromatic carbocycles. The molecule has 7 heteroatoms. The van der Waals surface area contributed by atoms with Crippen LogP contribution in [-0.4, -0.2) is 45.6 Å². The molecule has 0 aliphatic heterocycles.